The predicted molar refractivity (Wildman–Crippen MR) is 75.9 cm³/mol. The summed E-state index contributed by atoms with van der Waals surface area (Å²) in [7, 11) is 0. The van der Waals surface area contributed by atoms with Gasteiger partial charge in [-0.05, 0) is 23.6 Å². The van der Waals surface area contributed by atoms with Crippen molar-refractivity contribution in [3.63, 3.8) is 0 Å². The molecule has 2 rings (SSSR count). The SMILES string of the molecule is CC(C)[C@@H](OC(=O)c1ccccc1)c1ccccc1. The van der Waals surface area contributed by atoms with Crippen LogP contribution in [0.25, 0.3) is 0 Å². The summed E-state index contributed by atoms with van der Waals surface area (Å²) >= 11 is 0. The molecule has 0 aliphatic heterocycles. The molecule has 0 fully saturated rings. The molecule has 0 saturated carbocycles. The molecule has 2 aromatic carbocycles. The Morgan fingerprint density at radius 2 is 1.42 bits per heavy atom. The molecule has 2 heteroatoms. The second kappa shape index (κ2) is 6.19. The summed E-state index contributed by atoms with van der Waals surface area (Å²) in [6.07, 6.45) is -0.214. The van der Waals surface area contributed by atoms with Crippen LogP contribution in [0.2, 0.25) is 0 Å². The summed E-state index contributed by atoms with van der Waals surface area (Å²) in [6.45, 7) is 4.10. The van der Waals surface area contributed by atoms with Gasteiger partial charge in [0.25, 0.3) is 0 Å². The molecule has 0 bridgehead atoms. The van der Waals surface area contributed by atoms with Crippen molar-refractivity contribution < 1.29 is 9.53 Å². The van der Waals surface area contributed by atoms with Crippen LogP contribution in [0.1, 0.15) is 35.9 Å². The number of rotatable bonds is 4. The van der Waals surface area contributed by atoms with E-state index in [0.29, 0.717) is 5.56 Å². The lowest BCUT2D eigenvalue weighted by molar-refractivity contribution is 0.0176. The normalized spacial score (nSPS) is 12.2. The molecule has 0 unspecified atom stereocenters. The molecule has 0 heterocycles. The summed E-state index contributed by atoms with van der Waals surface area (Å²) in [5.74, 6) is -0.0433. The van der Waals surface area contributed by atoms with Gasteiger partial charge in [-0.15, -0.1) is 0 Å². The highest BCUT2D eigenvalue weighted by Gasteiger charge is 2.20. The topological polar surface area (TPSA) is 26.3 Å². The minimum Gasteiger partial charge on any atom is -0.454 e. The van der Waals surface area contributed by atoms with E-state index in [2.05, 4.69) is 13.8 Å². The van der Waals surface area contributed by atoms with Crippen molar-refractivity contribution in [3.05, 3.63) is 71.8 Å². The van der Waals surface area contributed by atoms with Gasteiger partial charge in [0, 0.05) is 0 Å². The van der Waals surface area contributed by atoms with E-state index in [0.717, 1.165) is 5.56 Å². The zero-order valence-corrected chi connectivity index (χ0v) is 11.2. The Morgan fingerprint density at radius 1 is 0.895 bits per heavy atom. The van der Waals surface area contributed by atoms with E-state index in [4.69, 9.17) is 4.74 Å². The average molecular weight is 254 g/mol. The maximum atomic E-state index is 12.1. The number of carbonyl (C=O) groups excluding carboxylic acids is 1. The fourth-order valence-electron chi connectivity index (χ4n) is 1.99. The maximum absolute atomic E-state index is 12.1. The second-order valence-corrected chi connectivity index (χ2v) is 4.85. The van der Waals surface area contributed by atoms with E-state index in [1.807, 2.05) is 48.5 Å². The Morgan fingerprint density at radius 3 is 1.95 bits per heavy atom. The third kappa shape index (κ3) is 3.44. The first-order valence-electron chi connectivity index (χ1n) is 6.49. The highest BCUT2D eigenvalue weighted by Crippen LogP contribution is 2.26. The summed E-state index contributed by atoms with van der Waals surface area (Å²) in [5.41, 5.74) is 1.62. The lowest BCUT2D eigenvalue weighted by atomic mass is 9.99. The number of esters is 1. The van der Waals surface area contributed by atoms with Gasteiger partial charge >= 0.3 is 5.97 Å². The van der Waals surface area contributed by atoms with Crippen LogP contribution >= 0.6 is 0 Å². The monoisotopic (exact) mass is 254 g/mol. The zero-order valence-electron chi connectivity index (χ0n) is 11.2. The van der Waals surface area contributed by atoms with Crippen molar-refractivity contribution in [2.75, 3.05) is 0 Å². The van der Waals surface area contributed by atoms with E-state index < -0.39 is 0 Å². The first kappa shape index (κ1) is 13.3. The van der Waals surface area contributed by atoms with Gasteiger partial charge in [0.05, 0.1) is 5.56 Å². The van der Waals surface area contributed by atoms with E-state index in [1.165, 1.54) is 0 Å². The van der Waals surface area contributed by atoms with Crippen molar-refractivity contribution in [2.24, 2.45) is 5.92 Å². The molecule has 98 valence electrons. The fraction of sp³-hybridized carbons (Fsp3) is 0.235. The zero-order chi connectivity index (χ0) is 13.7. The van der Waals surface area contributed by atoms with Crippen LogP contribution in [0.3, 0.4) is 0 Å². The van der Waals surface area contributed by atoms with Gasteiger partial charge in [-0.3, -0.25) is 0 Å². The number of ether oxygens (including phenoxy) is 1. The Labute approximate surface area is 114 Å². The van der Waals surface area contributed by atoms with Crippen molar-refractivity contribution >= 4 is 5.97 Å². The lowest BCUT2D eigenvalue weighted by Crippen LogP contribution is -2.16. The van der Waals surface area contributed by atoms with Crippen LogP contribution in [0, 0.1) is 5.92 Å². The number of hydrogen-bond acceptors (Lipinski definition) is 2. The fourth-order valence-corrected chi connectivity index (χ4v) is 1.99. The maximum Gasteiger partial charge on any atom is 0.338 e. The summed E-state index contributed by atoms with van der Waals surface area (Å²) in [5, 5.41) is 0. The van der Waals surface area contributed by atoms with Crippen LogP contribution in [0.5, 0.6) is 0 Å². The summed E-state index contributed by atoms with van der Waals surface area (Å²) in [6, 6.07) is 18.9. The third-order valence-electron chi connectivity index (χ3n) is 2.98. The molecule has 2 nitrogen and oxygen atoms in total. The van der Waals surface area contributed by atoms with E-state index in [-0.39, 0.29) is 18.0 Å². The van der Waals surface area contributed by atoms with Crippen molar-refractivity contribution in [1.29, 1.82) is 0 Å². The van der Waals surface area contributed by atoms with E-state index >= 15 is 0 Å². The van der Waals surface area contributed by atoms with Gasteiger partial charge in [-0.25, -0.2) is 4.79 Å². The molecule has 0 spiro atoms. The van der Waals surface area contributed by atoms with E-state index in [1.54, 1.807) is 12.1 Å². The molecule has 1 atom stereocenters. The second-order valence-electron chi connectivity index (χ2n) is 4.85. The van der Waals surface area contributed by atoms with Crippen molar-refractivity contribution in [2.45, 2.75) is 20.0 Å². The van der Waals surface area contributed by atoms with Gasteiger partial charge in [0.1, 0.15) is 6.10 Å². The first-order chi connectivity index (χ1) is 9.18. The average Bonchev–Trinajstić information content (AvgIpc) is 2.46. The third-order valence-corrected chi connectivity index (χ3v) is 2.98. The molecule has 0 amide bonds. The highest BCUT2D eigenvalue weighted by atomic mass is 16.5. The number of hydrogen-bond donors (Lipinski definition) is 0. The molecule has 0 N–H and O–H groups in total. The van der Waals surface area contributed by atoms with Crippen LogP contribution in [-0.2, 0) is 4.74 Å². The Kier molecular flexibility index (Phi) is 4.35. The molecule has 0 saturated heterocycles. The van der Waals surface area contributed by atoms with Crippen LogP contribution < -0.4 is 0 Å². The van der Waals surface area contributed by atoms with Crippen molar-refractivity contribution in [1.82, 2.24) is 0 Å². The number of benzene rings is 2. The van der Waals surface area contributed by atoms with Gasteiger partial charge < -0.3 is 4.74 Å². The largest absolute Gasteiger partial charge is 0.454 e. The Hall–Kier alpha value is -2.09. The molecular formula is C17H18O2. The molecule has 19 heavy (non-hydrogen) atoms. The van der Waals surface area contributed by atoms with Gasteiger partial charge in [-0.2, -0.15) is 0 Å². The Bertz CT molecular complexity index is 517. The minimum absolute atomic E-state index is 0.214. The van der Waals surface area contributed by atoms with Crippen LogP contribution in [0.15, 0.2) is 60.7 Å². The molecule has 0 radical (unpaired) electrons. The predicted octanol–water partition coefficient (Wildman–Crippen LogP) is 4.24. The summed E-state index contributed by atoms with van der Waals surface area (Å²) in [4.78, 5) is 12.1. The highest BCUT2D eigenvalue weighted by molar-refractivity contribution is 5.89. The smallest absolute Gasteiger partial charge is 0.338 e. The number of carbonyl (C=O) groups is 1. The molecule has 0 aliphatic carbocycles. The lowest BCUT2D eigenvalue weighted by Gasteiger charge is -2.21. The molecular weight excluding hydrogens is 236 g/mol. The van der Waals surface area contributed by atoms with Crippen molar-refractivity contribution in [3.8, 4) is 0 Å². The Balaban J connectivity index is 2.17. The van der Waals surface area contributed by atoms with Gasteiger partial charge in [-0.1, -0.05) is 62.4 Å². The minimum atomic E-state index is -0.275. The molecule has 2 aromatic rings. The van der Waals surface area contributed by atoms with Crippen LogP contribution in [0.4, 0.5) is 0 Å². The standard InChI is InChI=1S/C17H18O2/c1-13(2)16(14-9-5-3-6-10-14)19-17(18)15-11-7-4-8-12-15/h3-13,16H,1-2H3/t16-/m1/s1. The first-order valence-corrected chi connectivity index (χ1v) is 6.49. The summed E-state index contributed by atoms with van der Waals surface area (Å²) < 4.78 is 5.65. The van der Waals surface area contributed by atoms with Crippen LogP contribution in [-0.4, -0.2) is 5.97 Å². The van der Waals surface area contributed by atoms with Gasteiger partial charge in [0.15, 0.2) is 0 Å². The molecule has 0 aliphatic rings. The van der Waals surface area contributed by atoms with E-state index in [9.17, 15) is 4.79 Å². The van der Waals surface area contributed by atoms with Gasteiger partial charge in [0.2, 0.25) is 0 Å². The quantitative estimate of drug-likeness (QED) is 0.763. The molecule has 0 aromatic heterocycles.